The lowest BCUT2D eigenvalue weighted by atomic mass is 10.0. The molecule has 10 atom stereocenters. The molecule has 0 bridgehead atoms. The summed E-state index contributed by atoms with van der Waals surface area (Å²) < 4.78 is 63.6. The molecule has 0 aliphatic carbocycles. The molecule has 6 aliphatic rings. The molecule has 12 nitrogen and oxygen atoms in total. The summed E-state index contributed by atoms with van der Waals surface area (Å²) in [6.07, 6.45) is 1.16. The van der Waals surface area contributed by atoms with Crippen LogP contribution in [0.1, 0.15) is 107 Å². The molecule has 0 aromatic heterocycles. The first kappa shape index (κ1) is 34.0. The van der Waals surface area contributed by atoms with E-state index in [9.17, 15) is 4.79 Å². The average molecular weight is 642 g/mol. The van der Waals surface area contributed by atoms with E-state index in [4.69, 9.17) is 47.4 Å². The van der Waals surface area contributed by atoms with Crippen LogP contribution in [0, 0.1) is 0 Å². The highest BCUT2D eigenvalue weighted by Gasteiger charge is 2.66. The zero-order valence-corrected chi connectivity index (χ0v) is 28.6. The van der Waals surface area contributed by atoms with E-state index in [1.165, 1.54) is 19.3 Å². The van der Waals surface area contributed by atoms with Crippen LogP contribution in [0.25, 0.3) is 0 Å². The molecule has 0 spiro atoms. The highest BCUT2D eigenvalue weighted by atomic mass is 16.8. The summed E-state index contributed by atoms with van der Waals surface area (Å²) in [7, 11) is 0. The van der Waals surface area contributed by atoms with Crippen molar-refractivity contribution in [3.63, 3.8) is 0 Å². The molecule has 12 heteroatoms. The number of rotatable bonds is 11. The Labute approximate surface area is 267 Å². The number of hydrogen-bond donors (Lipinski definition) is 0. The number of nitrogens with zero attached hydrogens (tertiary/aromatic N) is 1. The predicted molar refractivity (Wildman–Crippen MR) is 160 cm³/mol. The summed E-state index contributed by atoms with van der Waals surface area (Å²) in [5, 5.41) is 0. The number of hydrogen-bond acceptors (Lipinski definition) is 11. The summed E-state index contributed by atoms with van der Waals surface area (Å²) in [5.74, 6) is -3.35. The second-order valence-electron chi connectivity index (χ2n) is 15.2. The molecule has 6 aliphatic heterocycles. The molecular formula is C33H55NO11. The smallest absolute Gasteiger partial charge is 0.226 e. The molecule has 0 saturated carbocycles. The second-order valence-corrected chi connectivity index (χ2v) is 15.2. The first-order valence-corrected chi connectivity index (χ1v) is 17.1. The predicted octanol–water partition coefficient (Wildman–Crippen LogP) is 4.36. The van der Waals surface area contributed by atoms with Crippen molar-refractivity contribution in [3.05, 3.63) is 0 Å². The Morgan fingerprint density at radius 1 is 0.556 bits per heavy atom. The zero-order chi connectivity index (χ0) is 32.4. The third-order valence-corrected chi connectivity index (χ3v) is 9.50. The molecule has 0 aromatic carbocycles. The highest BCUT2D eigenvalue weighted by Crippen LogP contribution is 2.48. The number of carbonyl (C=O) groups is 1. The lowest BCUT2D eigenvalue weighted by Gasteiger charge is -2.38. The van der Waals surface area contributed by atoms with Gasteiger partial charge < -0.3 is 47.4 Å². The van der Waals surface area contributed by atoms with Crippen LogP contribution < -0.4 is 0 Å². The number of carbonyl (C=O) groups excluding carboxylic acids is 1. The van der Waals surface area contributed by atoms with Crippen LogP contribution in [0.15, 0.2) is 0 Å². The largest absolute Gasteiger partial charge is 0.348 e. The lowest BCUT2D eigenvalue weighted by Crippen LogP contribution is -2.56. The third-order valence-electron chi connectivity index (χ3n) is 9.50. The SMILES string of the molecule is CCCCCCCCC(=O)N([C@H]1O[C@H]([C@H]2COC(C)(C)O2)[C@@H]2OC(C)(C)O[C@@H]21)[C@H]1O[C@H]([C@H]2COC(C)(C)O2)[C@@H]2OC(C)(C)O[C@@H]21. The minimum atomic E-state index is -0.879. The Morgan fingerprint density at radius 3 is 1.40 bits per heavy atom. The van der Waals surface area contributed by atoms with Gasteiger partial charge in [-0.15, -0.1) is 0 Å². The summed E-state index contributed by atoms with van der Waals surface area (Å²) in [5.41, 5.74) is 0. The van der Waals surface area contributed by atoms with Gasteiger partial charge >= 0.3 is 0 Å². The van der Waals surface area contributed by atoms with Gasteiger partial charge in [-0.3, -0.25) is 9.69 Å². The van der Waals surface area contributed by atoms with Gasteiger partial charge in [-0.2, -0.15) is 0 Å². The molecule has 6 saturated heterocycles. The quantitative estimate of drug-likeness (QED) is 0.300. The number of ether oxygens (including phenoxy) is 10. The van der Waals surface area contributed by atoms with Crippen LogP contribution >= 0.6 is 0 Å². The maximum Gasteiger partial charge on any atom is 0.226 e. The van der Waals surface area contributed by atoms with E-state index in [1.807, 2.05) is 55.4 Å². The van der Waals surface area contributed by atoms with Gasteiger partial charge in [0.15, 0.2) is 35.6 Å². The minimum absolute atomic E-state index is 0.0891. The van der Waals surface area contributed by atoms with E-state index in [0.29, 0.717) is 19.6 Å². The standard InChI is InChI=1S/C33H55NO11/c1-10-11-12-13-14-15-16-21(35)34(28-26-24(42-32(6,7)44-26)22(38-28)19-17-36-30(2,3)40-19)29-27-25(43-33(8,9)45-27)23(39-29)20-18-37-31(4,5)41-20/h19-20,22-29H,10-18H2,1-9H3/t19-,20-,22-,23-,24+,25+,26+,27+,28+,29+/m1/s1. The van der Waals surface area contributed by atoms with Gasteiger partial charge in [-0.05, 0) is 61.8 Å². The van der Waals surface area contributed by atoms with Gasteiger partial charge in [-0.25, -0.2) is 0 Å². The van der Waals surface area contributed by atoms with Gasteiger partial charge in [0, 0.05) is 6.42 Å². The van der Waals surface area contributed by atoms with Gasteiger partial charge in [-0.1, -0.05) is 39.0 Å². The van der Waals surface area contributed by atoms with Crippen LogP contribution in [0.4, 0.5) is 0 Å². The van der Waals surface area contributed by atoms with Crippen molar-refractivity contribution in [2.45, 2.75) is 192 Å². The highest BCUT2D eigenvalue weighted by molar-refractivity contribution is 5.77. The Bertz CT molecular complexity index is 997. The summed E-state index contributed by atoms with van der Waals surface area (Å²) in [6.45, 7) is 17.9. The Balaban J connectivity index is 1.29. The van der Waals surface area contributed by atoms with Crippen LogP contribution in [0.2, 0.25) is 0 Å². The molecule has 6 fully saturated rings. The van der Waals surface area contributed by atoms with Crippen molar-refractivity contribution in [1.82, 2.24) is 4.90 Å². The topological polar surface area (TPSA) is 113 Å². The molecule has 0 N–H and O–H groups in total. The summed E-state index contributed by atoms with van der Waals surface area (Å²) >= 11 is 0. The van der Waals surface area contributed by atoms with Gasteiger partial charge in [0.25, 0.3) is 0 Å². The minimum Gasteiger partial charge on any atom is -0.348 e. The molecule has 1 amide bonds. The van der Waals surface area contributed by atoms with Crippen molar-refractivity contribution in [3.8, 4) is 0 Å². The second kappa shape index (κ2) is 12.5. The van der Waals surface area contributed by atoms with Gasteiger partial charge in [0.2, 0.25) is 5.91 Å². The maximum atomic E-state index is 14.4. The Kier molecular flexibility index (Phi) is 9.44. The number of fused-ring (bicyclic) bond motifs is 2. The first-order chi connectivity index (χ1) is 21.1. The zero-order valence-electron chi connectivity index (χ0n) is 28.6. The Morgan fingerprint density at radius 2 is 0.978 bits per heavy atom. The van der Waals surface area contributed by atoms with E-state index < -0.39 is 84.4 Å². The normalized spacial score (nSPS) is 42.2. The van der Waals surface area contributed by atoms with E-state index in [1.54, 1.807) is 4.90 Å². The monoisotopic (exact) mass is 641 g/mol. The fourth-order valence-corrected chi connectivity index (χ4v) is 7.63. The number of amides is 1. The Hall–Kier alpha value is -0.930. The molecule has 258 valence electrons. The van der Waals surface area contributed by atoms with Crippen molar-refractivity contribution < 1.29 is 52.2 Å². The molecule has 45 heavy (non-hydrogen) atoms. The third kappa shape index (κ3) is 7.11. The van der Waals surface area contributed by atoms with Crippen molar-refractivity contribution in [1.29, 1.82) is 0 Å². The van der Waals surface area contributed by atoms with Crippen LogP contribution in [0.3, 0.4) is 0 Å². The van der Waals surface area contributed by atoms with Crippen molar-refractivity contribution >= 4 is 5.91 Å². The van der Waals surface area contributed by atoms with Gasteiger partial charge in [0.05, 0.1) is 13.2 Å². The molecular weight excluding hydrogens is 586 g/mol. The fourth-order valence-electron chi connectivity index (χ4n) is 7.63. The summed E-state index contributed by atoms with van der Waals surface area (Å²) in [6, 6.07) is 0. The van der Waals surface area contributed by atoms with E-state index in [2.05, 4.69) is 6.92 Å². The van der Waals surface area contributed by atoms with E-state index in [0.717, 1.165) is 19.3 Å². The van der Waals surface area contributed by atoms with Crippen LogP contribution in [-0.4, -0.2) is 108 Å². The van der Waals surface area contributed by atoms with Crippen molar-refractivity contribution in [2.24, 2.45) is 0 Å². The maximum absolute atomic E-state index is 14.4. The molecule has 0 radical (unpaired) electrons. The van der Waals surface area contributed by atoms with E-state index in [-0.39, 0.29) is 5.91 Å². The van der Waals surface area contributed by atoms with E-state index >= 15 is 0 Å². The average Bonchev–Trinajstić information content (AvgIpc) is 3.75. The molecule has 0 aromatic rings. The fraction of sp³-hybridized carbons (Fsp3) is 0.970. The van der Waals surface area contributed by atoms with Crippen LogP contribution in [-0.2, 0) is 52.2 Å². The number of unbranched alkanes of at least 4 members (excludes halogenated alkanes) is 5. The molecule has 6 rings (SSSR count). The lowest BCUT2D eigenvalue weighted by molar-refractivity contribution is -0.257. The first-order valence-electron chi connectivity index (χ1n) is 17.1. The molecule has 6 heterocycles. The van der Waals surface area contributed by atoms with Crippen molar-refractivity contribution in [2.75, 3.05) is 13.2 Å². The van der Waals surface area contributed by atoms with Gasteiger partial charge in [0.1, 0.15) is 48.8 Å². The molecule has 0 unspecified atom stereocenters. The summed E-state index contributed by atoms with van der Waals surface area (Å²) in [4.78, 5) is 16.1. The van der Waals surface area contributed by atoms with Crippen LogP contribution in [0.5, 0.6) is 0 Å².